The smallest absolute Gasteiger partial charge is 0.333 e. The van der Waals surface area contributed by atoms with Crippen molar-refractivity contribution >= 4 is 40.9 Å². The van der Waals surface area contributed by atoms with Crippen molar-refractivity contribution in [2.45, 2.75) is 30.3 Å². The molecule has 0 amide bonds. The molecule has 1 N–H and O–H groups in total. The molecule has 0 saturated carbocycles. The first kappa shape index (κ1) is 23.3. The van der Waals surface area contributed by atoms with Gasteiger partial charge in [0.2, 0.25) is 10.0 Å². The van der Waals surface area contributed by atoms with Crippen molar-refractivity contribution in [2.75, 3.05) is 0 Å². The maximum absolute atomic E-state index is 14.1. The maximum atomic E-state index is 14.1. The summed E-state index contributed by atoms with van der Waals surface area (Å²) in [5.74, 6) is -1.16. The summed E-state index contributed by atoms with van der Waals surface area (Å²) >= 11 is 6.23. The SMILES string of the molecule is Bc1cccc(C2CC=C(C(=O)O)C(c3cccc(Cl)c3)N2S(=O)(=O)c2ccc(C)cc2)c1. The molecule has 4 rings (SSSR count). The fourth-order valence-corrected chi connectivity index (χ4v) is 6.26. The molecule has 2 atom stereocenters. The number of aryl methyl sites for hydroxylation is 1. The summed E-state index contributed by atoms with van der Waals surface area (Å²) in [4.78, 5) is 12.4. The molecule has 0 fully saturated rings. The van der Waals surface area contributed by atoms with Crippen LogP contribution in [0.3, 0.4) is 0 Å². The Morgan fingerprint density at radius 3 is 2.33 bits per heavy atom. The summed E-state index contributed by atoms with van der Waals surface area (Å²) in [7, 11) is -2.14. The molecule has 1 heterocycles. The summed E-state index contributed by atoms with van der Waals surface area (Å²) in [6.07, 6.45) is 1.87. The van der Waals surface area contributed by atoms with Crippen LogP contribution in [0.25, 0.3) is 0 Å². The number of sulfonamides is 1. The standard InChI is InChI=1S/C25H23BClNO4S/c1-16-8-10-21(11-9-16)33(31,32)28-23(17-4-2-6-19(26)14-17)13-12-22(25(29)30)24(28)18-5-3-7-20(27)15-18/h2-12,14-15,23-24H,13,26H2,1H3,(H,29,30). The van der Waals surface area contributed by atoms with Gasteiger partial charge in [0.25, 0.3) is 0 Å². The number of carboxylic acids is 1. The molecule has 5 nitrogen and oxygen atoms in total. The third-order valence-corrected chi connectivity index (χ3v) is 7.98. The molecular weight excluding hydrogens is 457 g/mol. The number of aliphatic carboxylic acids is 1. The lowest BCUT2D eigenvalue weighted by Gasteiger charge is -2.40. The van der Waals surface area contributed by atoms with E-state index in [4.69, 9.17) is 11.6 Å². The topological polar surface area (TPSA) is 74.7 Å². The number of carboxylic acid groups (broad SMARTS) is 1. The first-order valence-electron chi connectivity index (χ1n) is 10.5. The van der Waals surface area contributed by atoms with Crippen molar-refractivity contribution < 1.29 is 18.3 Å². The van der Waals surface area contributed by atoms with Crippen LogP contribution in [0.4, 0.5) is 0 Å². The zero-order valence-corrected chi connectivity index (χ0v) is 19.8. The highest BCUT2D eigenvalue weighted by atomic mass is 35.5. The van der Waals surface area contributed by atoms with Gasteiger partial charge in [-0.25, -0.2) is 13.2 Å². The third kappa shape index (κ3) is 4.62. The first-order valence-corrected chi connectivity index (χ1v) is 12.4. The Morgan fingerprint density at radius 1 is 1.03 bits per heavy atom. The predicted octanol–water partition coefficient (Wildman–Crippen LogP) is 3.79. The van der Waals surface area contributed by atoms with E-state index in [1.165, 1.54) is 4.31 Å². The normalized spacial score (nSPS) is 19.2. The second-order valence-electron chi connectivity index (χ2n) is 8.24. The Kier molecular flexibility index (Phi) is 6.48. The van der Waals surface area contributed by atoms with E-state index in [0.29, 0.717) is 10.6 Å². The van der Waals surface area contributed by atoms with E-state index in [0.717, 1.165) is 16.6 Å². The van der Waals surface area contributed by atoms with Gasteiger partial charge in [-0.2, -0.15) is 4.31 Å². The van der Waals surface area contributed by atoms with Crippen LogP contribution in [0.5, 0.6) is 0 Å². The number of nitrogens with zero attached hydrogens (tertiary/aromatic N) is 1. The molecular formula is C25H23BClNO4S. The predicted molar refractivity (Wildman–Crippen MR) is 132 cm³/mol. The highest BCUT2D eigenvalue weighted by molar-refractivity contribution is 7.89. The Labute approximate surface area is 199 Å². The molecule has 0 bridgehead atoms. The Morgan fingerprint density at radius 2 is 1.70 bits per heavy atom. The van der Waals surface area contributed by atoms with Crippen molar-refractivity contribution in [2.24, 2.45) is 0 Å². The molecule has 168 valence electrons. The number of halogens is 1. The summed E-state index contributed by atoms with van der Waals surface area (Å²) in [5, 5.41) is 10.4. The average Bonchev–Trinajstić information content (AvgIpc) is 2.78. The van der Waals surface area contributed by atoms with Gasteiger partial charge in [0.15, 0.2) is 0 Å². The van der Waals surface area contributed by atoms with E-state index in [1.54, 1.807) is 54.6 Å². The summed E-state index contributed by atoms with van der Waals surface area (Å²) in [6, 6.07) is 19.3. The fraction of sp³-hybridized carbons (Fsp3) is 0.160. The largest absolute Gasteiger partial charge is 0.478 e. The minimum atomic E-state index is -4.08. The van der Waals surface area contributed by atoms with Gasteiger partial charge in [0.1, 0.15) is 7.85 Å². The third-order valence-electron chi connectivity index (χ3n) is 5.85. The van der Waals surface area contributed by atoms with Gasteiger partial charge in [-0.3, -0.25) is 0 Å². The van der Waals surface area contributed by atoms with Crippen molar-refractivity contribution in [1.29, 1.82) is 0 Å². The van der Waals surface area contributed by atoms with Gasteiger partial charge >= 0.3 is 5.97 Å². The van der Waals surface area contributed by atoms with Gasteiger partial charge in [0, 0.05) is 5.02 Å². The minimum Gasteiger partial charge on any atom is -0.478 e. The lowest BCUT2D eigenvalue weighted by molar-refractivity contribution is -0.133. The molecule has 2 unspecified atom stereocenters. The highest BCUT2D eigenvalue weighted by Crippen LogP contribution is 2.45. The number of benzene rings is 3. The van der Waals surface area contributed by atoms with Crippen LogP contribution in [0.1, 0.15) is 35.2 Å². The van der Waals surface area contributed by atoms with Crippen molar-refractivity contribution in [3.63, 3.8) is 0 Å². The van der Waals surface area contributed by atoms with Gasteiger partial charge in [0.05, 0.1) is 22.6 Å². The molecule has 0 saturated heterocycles. The van der Waals surface area contributed by atoms with Crippen LogP contribution in [-0.2, 0) is 14.8 Å². The van der Waals surface area contributed by atoms with Crippen molar-refractivity contribution in [3.8, 4) is 0 Å². The maximum Gasteiger partial charge on any atom is 0.333 e. The Hall–Kier alpha value is -2.87. The van der Waals surface area contributed by atoms with E-state index in [-0.39, 0.29) is 16.9 Å². The average molecular weight is 480 g/mol. The zero-order chi connectivity index (χ0) is 23.8. The summed E-state index contributed by atoms with van der Waals surface area (Å²) in [6.45, 7) is 1.88. The molecule has 0 spiro atoms. The van der Waals surface area contributed by atoms with E-state index in [2.05, 4.69) is 0 Å². The van der Waals surface area contributed by atoms with Gasteiger partial charge in [-0.1, -0.05) is 77.2 Å². The van der Waals surface area contributed by atoms with Crippen molar-refractivity contribution in [1.82, 2.24) is 4.31 Å². The number of hydrogen-bond donors (Lipinski definition) is 1. The monoisotopic (exact) mass is 479 g/mol. The second-order valence-corrected chi connectivity index (χ2v) is 10.5. The van der Waals surface area contributed by atoms with Crippen molar-refractivity contribution in [3.05, 3.63) is 106 Å². The fourth-order valence-electron chi connectivity index (χ4n) is 4.28. The number of carbonyl (C=O) groups is 1. The van der Waals surface area contributed by atoms with Crippen LogP contribution in [0.15, 0.2) is 89.3 Å². The van der Waals surface area contributed by atoms with Crippen LogP contribution < -0.4 is 5.46 Å². The lowest BCUT2D eigenvalue weighted by Crippen LogP contribution is -2.42. The molecule has 0 radical (unpaired) electrons. The Balaban J connectivity index is 1.98. The Bertz CT molecular complexity index is 1340. The first-order chi connectivity index (χ1) is 15.7. The van der Waals surface area contributed by atoms with E-state index in [1.807, 2.05) is 39.0 Å². The van der Waals surface area contributed by atoms with E-state index < -0.39 is 28.1 Å². The molecule has 8 heteroatoms. The summed E-state index contributed by atoms with van der Waals surface area (Å²) < 4.78 is 29.5. The number of rotatable bonds is 5. The minimum absolute atomic E-state index is 0.0110. The molecule has 1 aliphatic heterocycles. The molecule has 3 aromatic rings. The van der Waals surface area contributed by atoms with Crippen LogP contribution >= 0.6 is 11.6 Å². The molecule has 0 aromatic heterocycles. The van der Waals surface area contributed by atoms with Crippen LogP contribution in [0.2, 0.25) is 5.02 Å². The second kappa shape index (κ2) is 9.18. The van der Waals surface area contributed by atoms with Gasteiger partial charge < -0.3 is 5.11 Å². The van der Waals surface area contributed by atoms with Crippen LogP contribution in [-0.4, -0.2) is 31.6 Å². The molecule has 3 aromatic carbocycles. The van der Waals surface area contributed by atoms with E-state index in [9.17, 15) is 18.3 Å². The molecule has 0 aliphatic carbocycles. The molecule has 33 heavy (non-hydrogen) atoms. The zero-order valence-electron chi connectivity index (χ0n) is 18.3. The molecule has 1 aliphatic rings. The quantitative estimate of drug-likeness (QED) is 0.565. The summed E-state index contributed by atoms with van der Waals surface area (Å²) in [5.41, 5.74) is 3.24. The van der Waals surface area contributed by atoms with Gasteiger partial charge in [-0.05, 0) is 48.7 Å². The highest BCUT2D eigenvalue weighted by Gasteiger charge is 2.44. The van der Waals surface area contributed by atoms with Gasteiger partial charge in [-0.15, -0.1) is 0 Å². The van der Waals surface area contributed by atoms with E-state index >= 15 is 0 Å². The number of hydrogen-bond acceptors (Lipinski definition) is 3. The lowest BCUT2D eigenvalue weighted by atomic mass is 9.87. The van der Waals surface area contributed by atoms with Crippen LogP contribution in [0, 0.1) is 6.92 Å².